The summed E-state index contributed by atoms with van der Waals surface area (Å²) < 4.78 is 0. The average Bonchev–Trinajstić information content (AvgIpc) is 2.54. The van der Waals surface area contributed by atoms with Crippen molar-refractivity contribution in [2.75, 3.05) is 25.5 Å². The van der Waals surface area contributed by atoms with Crippen LogP contribution in [0.15, 0.2) is 41.4 Å². The number of hydrogen-bond acceptors (Lipinski definition) is 2. The maximum absolute atomic E-state index is 6.41. The van der Waals surface area contributed by atoms with Gasteiger partial charge in [-0.25, -0.2) is 4.99 Å². The highest BCUT2D eigenvalue weighted by molar-refractivity contribution is 6.34. The van der Waals surface area contributed by atoms with Crippen LogP contribution in [-0.4, -0.2) is 31.9 Å². The molecule has 23 heavy (non-hydrogen) atoms. The fourth-order valence-electron chi connectivity index (χ4n) is 2.21. The van der Waals surface area contributed by atoms with Crippen LogP contribution < -0.4 is 4.90 Å². The van der Waals surface area contributed by atoms with Gasteiger partial charge in [0.05, 0.1) is 27.8 Å². The monoisotopic (exact) mass is 349 g/mol. The highest BCUT2D eigenvalue weighted by Crippen LogP contribution is 2.37. The molecule has 0 bridgehead atoms. The molecule has 0 unspecified atom stereocenters. The molecule has 0 saturated carbocycles. The van der Waals surface area contributed by atoms with Gasteiger partial charge >= 0.3 is 0 Å². The fraction of sp³-hybridized carbons (Fsp3) is 0.278. The van der Waals surface area contributed by atoms with Gasteiger partial charge in [0.25, 0.3) is 0 Å². The highest BCUT2D eigenvalue weighted by atomic mass is 35.5. The molecule has 0 radical (unpaired) electrons. The maximum Gasteiger partial charge on any atom is 0.0910 e. The summed E-state index contributed by atoms with van der Waals surface area (Å²) in [7, 11) is 3.96. The van der Waals surface area contributed by atoms with Crippen molar-refractivity contribution in [1.82, 2.24) is 4.90 Å². The SMILES string of the molecule is CCN(C)C=Nc1cc(C)c(N(C)c2ccccc2Cl)cc1Cl. The Labute approximate surface area is 148 Å². The summed E-state index contributed by atoms with van der Waals surface area (Å²) in [6.45, 7) is 5.01. The summed E-state index contributed by atoms with van der Waals surface area (Å²) in [6.07, 6.45) is 1.79. The van der Waals surface area contributed by atoms with E-state index in [0.29, 0.717) is 10.0 Å². The van der Waals surface area contributed by atoms with Crippen molar-refractivity contribution in [2.45, 2.75) is 13.8 Å². The van der Waals surface area contributed by atoms with Crippen molar-refractivity contribution in [3.8, 4) is 0 Å². The van der Waals surface area contributed by atoms with Gasteiger partial charge in [0.15, 0.2) is 0 Å². The van der Waals surface area contributed by atoms with Crippen LogP contribution >= 0.6 is 23.2 Å². The van der Waals surface area contributed by atoms with Gasteiger partial charge in [-0.05, 0) is 43.7 Å². The van der Waals surface area contributed by atoms with Crippen LogP contribution in [0.5, 0.6) is 0 Å². The summed E-state index contributed by atoms with van der Waals surface area (Å²) >= 11 is 12.7. The third kappa shape index (κ3) is 4.18. The Morgan fingerprint density at radius 1 is 1.04 bits per heavy atom. The number of para-hydroxylation sites is 1. The number of aryl methyl sites for hydroxylation is 1. The molecule has 0 N–H and O–H groups in total. The fourth-order valence-corrected chi connectivity index (χ4v) is 2.68. The average molecular weight is 350 g/mol. The predicted octanol–water partition coefficient (Wildman–Crippen LogP) is 5.68. The normalized spacial score (nSPS) is 11.0. The summed E-state index contributed by atoms with van der Waals surface area (Å²) in [4.78, 5) is 8.48. The molecule has 2 aromatic rings. The number of nitrogens with zero attached hydrogens (tertiary/aromatic N) is 3. The van der Waals surface area contributed by atoms with Crippen molar-refractivity contribution in [1.29, 1.82) is 0 Å². The van der Waals surface area contributed by atoms with E-state index in [0.717, 1.165) is 29.2 Å². The van der Waals surface area contributed by atoms with Crippen LogP contribution in [-0.2, 0) is 0 Å². The molecule has 0 fully saturated rings. The molecule has 3 nitrogen and oxygen atoms in total. The smallest absolute Gasteiger partial charge is 0.0910 e. The maximum atomic E-state index is 6.41. The summed E-state index contributed by atoms with van der Waals surface area (Å²) in [6, 6.07) is 11.7. The molecular weight excluding hydrogens is 329 g/mol. The molecule has 0 aromatic heterocycles. The highest BCUT2D eigenvalue weighted by Gasteiger charge is 2.12. The van der Waals surface area contributed by atoms with Crippen molar-refractivity contribution in [3.05, 3.63) is 52.0 Å². The molecule has 0 aliphatic rings. The van der Waals surface area contributed by atoms with E-state index in [1.54, 1.807) is 6.34 Å². The lowest BCUT2D eigenvalue weighted by Gasteiger charge is -2.23. The molecule has 122 valence electrons. The van der Waals surface area contributed by atoms with Gasteiger partial charge in [0.1, 0.15) is 0 Å². The second-order valence-corrected chi connectivity index (χ2v) is 6.23. The van der Waals surface area contributed by atoms with E-state index >= 15 is 0 Å². The van der Waals surface area contributed by atoms with Gasteiger partial charge in [-0.15, -0.1) is 0 Å². The van der Waals surface area contributed by atoms with Crippen molar-refractivity contribution in [3.63, 3.8) is 0 Å². The van der Waals surface area contributed by atoms with E-state index in [2.05, 4.69) is 11.9 Å². The largest absolute Gasteiger partial charge is 0.366 e. The van der Waals surface area contributed by atoms with E-state index in [-0.39, 0.29) is 0 Å². The Kier molecular flexibility index (Phi) is 5.91. The van der Waals surface area contributed by atoms with Crippen molar-refractivity contribution >= 4 is 46.6 Å². The summed E-state index contributed by atoms with van der Waals surface area (Å²) in [5, 5.41) is 1.32. The number of benzene rings is 2. The topological polar surface area (TPSA) is 18.8 Å². The van der Waals surface area contributed by atoms with Gasteiger partial charge in [0.2, 0.25) is 0 Å². The van der Waals surface area contributed by atoms with E-state index in [4.69, 9.17) is 23.2 Å². The Morgan fingerprint density at radius 2 is 1.74 bits per heavy atom. The van der Waals surface area contributed by atoms with Crippen molar-refractivity contribution in [2.24, 2.45) is 4.99 Å². The van der Waals surface area contributed by atoms with Crippen LogP contribution in [0.1, 0.15) is 12.5 Å². The third-order valence-electron chi connectivity index (χ3n) is 3.73. The predicted molar refractivity (Wildman–Crippen MR) is 102 cm³/mol. The standard InChI is InChI=1S/C18H21Cl2N3/c1-5-22(3)12-21-16-10-13(2)18(11-15(16)20)23(4)17-9-7-6-8-14(17)19/h6-12H,5H2,1-4H3. The Hall–Kier alpha value is -1.71. The molecule has 0 aliphatic carbocycles. The van der Waals surface area contributed by atoms with E-state index in [1.807, 2.05) is 67.2 Å². The first-order valence-corrected chi connectivity index (χ1v) is 8.22. The molecule has 0 atom stereocenters. The number of anilines is 2. The molecule has 2 rings (SSSR count). The lowest BCUT2D eigenvalue weighted by atomic mass is 10.1. The zero-order valence-corrected chi connectivity index (χ0v) is 15.4. The van der Waals surface area contributed by atoms with Crippen LogP contribution in [0.25, 0.3) is 0 Å². The number of halogens is 2. The number of hydrogen-bond donors (Lipinski definition) is 0. The van der Waals surface area contributed by atoms with Crippen LogP contribution in [0.2, 0.25) is 10.0 Å². The lowest BCUT2D eigenvalue weighted by molar-refractivity contribution is 0.552. The number of rotatable bonds is 5. The molecule has 5 heteroatoms. The number of aliphatic imine (C=N–C) groups is 1. The first kappa shape index (κ1) is 17.6. The minimum absolute atomic E-state index is 0.616. The molecular formula is C18H21Cl2N3. The zero-order chi connectivity index (χ0) is 17.0. The third-order valence-corrected chi connectivity index (χ3v) is 4.36. The second kappa shape index (κ2) is 7.71. The van der Waals surface area contributed by atoms with E-state index < -0.39 is 0 Å². The van der Waals surface area contributed by atoms with Crippen LogP contribution in [0.3, 0.4) is 0 Å². The summed E-state index contributed by atoms with van der Waals surface area (Å²) in [5.41, 5.74) is 3.80. The van der Waals surface area contributed by atoms with E-state index in [1.165, 1.54) is 0 Å². The summed E-state index contributed by atoms with van der Waals surface area (Å²) in [5.74, 6) is 0. The molecule has 0 spiro atoms. The Balaban J connectivity index is 2.37. The minimum atomic E-state index is 0.616. The Bertz CT molecular complexity index is 713. The lowest BCUT2D eigenvalue weighted by Crippen LogP contribution is -2.14. The van der Waals surface area contributed by atoms with Crippen LogP contribution in [0.4, 0.5) is 17.1 Å². The van der Waals surface area contributed by atoms with Crippen molar-refractivity contribution < 1.29 is 0 Å². The van der Waals surface area contributed by atoms with Crippen LogP contribution in [0, 0.1) is 6.92 Å². The quantitative estimate of drug-likeness (QED) is 0.510. The van der Waals surface area contributed by atoms with E-state index in [9.17, 15) is 0 Å². The molecule has 0 heterocycles. The molecule has 2 aromatic carbocycles. The van der Waals surface area contributed by atoms with Gasteiger partial charge < -0.3 is 9.80 Å². The molecule has 0 saturated heterocycles. The molecule has 0 amide bonds. The van der Waals surface area contributed by atoms with Gasteiger partial charge in [0, 0.05) is 26.3 Å². The first-order chi connectivity index (χ1) is 10.9. The molecule has 0 aliphatic heterocycles. The van der Waals surface area contributed by atoms with Gasteiger partial charge in [-0.3, -0.25) is 0 Å². The van der Waals surface area contributed by atoms with Gasteiger partial charge in [-0.1, -0.05) is 35.3 Å². The second-order valence-electron chi connectivity index (χ2n) is 5.42. The zero-order valence-electron chi connectivity index (χ0n) is 13.8. The Morgan fingerprint density at radius 3 is 2.39 bits per heavy atom. The minimum Gasteiger partial charge on any atom is -0.366 e. The van der Waals surface area contributed by atoms with Gasteiger partial charge in [-0.2, -0.15) is 0 Å². The first-order valence-electron chi connectivity index (χ1n) is 7.46.